The Kier molecular flexibility index (Phi) is 6.25. The third-order valence-corrected chi connectivity index (χ3v) is 1.67. The fraction of sp³-hybridized carbons (Fsp3) is 0.545. The predicted molar refractivity (Wildman–Crippen MR) is 63.0 cm³/mol. The third kappa shape index (κ3) is 3.01. The first-order chi connectivity index (χ1) is 7.29. The first-order valence-electron chi connectivity index (χ1n) is 5.42. The van der Waals surface area contributed by atoms with Crippen molar-refractivity contribution in [3.63, 3.8) is 0 Å². The van der Waals surface area contributed by atoms with Gasteiger partial charge in [-0.25, -0.2) is 0 Å². The Labute approximate surface area is 91.4 Å². The molecule has 2 heterocycles. The molecule has 4 heteroatoms. The molecule has 0 aliphatic heterocycles. The minimum absolute atomic E-state index is 0.838. The van der Waals surface area contributed by atoms with Crippen molar-refractivity contribution in [2.75, 3.05) is 0 Å². The lowest BCUT2D eigenvalue weighted by atomic mass is 10.5. The summed E-state index contributed by atoms with van der Waals surface area (Å²) in [7, 11) is 0. The molecule has 84 valence electrons. The molecule has 2 rings (SSSR count). The molecule has 0 fully saturated rings. The van der Waals surface area contributed by atoms with Gasteiger partial charge in [0.25, 0.3) is 0 Å². The van der Waals surface area contributed by atoms with Crippen molar-refractivity contribution in [3.8, 4) is 0 Å². The lowest BCUT2D eigenvalue weighted by molar-refractivity contribution is 0.998. The van der Waals surface area contributed by atoms with E-state index in [2.05, 4.69) is 15.2 Å². The van der Waals surface area contributed by atoms with Crippen LogP contribution in [0.3, 0.4) is 0 Å². The molecular weight excluding hydrogens is 188 g/mol. The summed E-state index contributed by atoms with van der Waals surface area (Å²) >= 11 is 0. The van der Waals surface area contributed by atoms with Crippen molar-refractivity contribution >= 4 is 5.65 Å². The molecule has 0 N–H and O–H groups in total. The van der Waals surface area contributed by atoms with Crippen LogP contribution < -0.4 is 0 Å². The van der Waals surface area contributed by atoms with Crippen molar-refractivity contribution in [1.82, 2.24) is 19.6 Å². The van der Waals surface area contributed by atoms with Crippen LogP contribution in [-0.4, -0.2) is 19.6 Å². The summed E-state index contributed by atoms with van der Waals surface area (Å²) in [6.07, 6.45) is 3.61. The zero-order chi connectivity index (χ0) is 11.8. The summed E-state index contributed by atoms with van der Waals surface area (Å²) in [5.74, 6) is 0.894. The van der Waals surface area contributed by atoms with Crippen molar-refractivity contribution in [1.29, 1.82) is 0 Å². The molecule has 0 atom stereocenters. The van der Waals surface area contributed by atoms with Crippen LogP contribution in [0.5, 0.6) is 0 Å². The van der Waals surface area contributed by atoms with E-state index in [0.29, 0.717) is 0 Å². The normalized spacial score (nSPS) is 8.67. The van der Waals surface area contributed by atoms with Crippen LogP contribution in [0.2, 0.25) is 0 Å². The first-order valence-corrected chi connectivity index (χ1v) is 5.42. The Balaban J connectivity index is 0.000000442. The summed E-state index contributed by atoms with van der Waals surface area (Å²) < 4.78 is 1.92. The fourth-order valence-electron chi connectivity index (χ4n) is 1.06. The Morgan fingerprint density at radius 3 is 2.13 bits per heavy atom. The van der Waals surface area contributed by atoms with Crippen LogP contribution in [-0.2, 0) is 0 Å². The fourth-order valence-corrected chi connectivity index (χ4v) is 1.06. The molecule has 0 aliphatic rings. The van der Waals surface area contributed by atoms with Gasteiger partial charge in [0.1, 0.15) is 5.82 Å². The molecule has 0 radical (unpaired) electrons. The molecule has 0 bridgehead atoms. The smallest absolute Gasteiger partial charge is 0.182 e. The van der Waals surface area contributed by atoms with Crippen molar-refractivity contribution < 1.29 is 0 Å². The lowest BCUT2D eigenvalue weighted by Crippen LogP contribution is -1.91. The Morgan fingerprint density at radius 2 is 1.60 bits per heavy atom. The molecule has 15 heavy (non-hydrogen) atoms. The maximum Gasteiger partial charge on any atom is 0.182 e. The quantitative estimate of drug-likeness (QED) is 0.668. The highest BCUT2D eigenvalue weighted by Crippen LogP contribution is 2.03. The lowest BCUT2D eigenvalue weighted by Gasteiger charge is -1.94. The molecule has 0 aromatic carbocycles. The van der Waals surface area contributed by atoms with Crippen molar-refractivity contribution in [2.24, 2.45) is 0 Å². The number of hydrogen-bond acceptors (Lipinski definition) is 3. The molecule has 0 saturated carbocycles. The summed E-state index contributed by atoms with van der Waals surface area (Å²) in [6, 6.07) is 0. The van der Waals surface area contributed by atoms with Crippen LogP contribution in [0.1, 0.15) is 39.2 Å². The highest BCUT2D eigenvalue weighted by Gasteiger charge is 2.01. The highest BCUT2D eigenvalue weighted by atomic mass is 15.2. The predicted octanol–water partition coefficient (Wildman–Crippen LogP) is 2.79. The molecule has 0 aliphatic carbocycles. The van der Waals surface area contributed by atoms with Crippen molar-refractivity contribution in [2.45, 2.75) is 41.5 Å². The van der Waals surface area contributed by atoms with Gasteiger partial charge in [-0.15, -0.1) is 10.2 Å². The second-order valence-corrected chi connectivity index (χ2v) is 2.45. The topological polar surface area (TPSA) is 43.1 Å². The van der Waals surface area contributed by atoms with Gasteiger partial charge in [-0.05, 0) is 13.8 Å². The molecule has 4 nitrogen and oxygen atoms in total. The molecule has 2 aromatic rings. The zero-order valence-electron chi connectivity index (χ0n) is 10.4. The summed E-state index contributed by atoms with van der Waals surface area (Å²) in [6.45, 7) is 11.8. The van der Waals surface area contributed by atoms with Crippen molar-refractivity contribution in [3.05, 3.63) is 23.9 Å². The summed E-state index contributed by atoms with van der Waals surface area (Å²) in [5, 5.41) is 7.90. The SMILES string of the molecule is CC.CC.Cc1nccn2c(C)nnc12. The monoisotopic (exact) mass is 208 g/mol. The number of nitrogens with zero attached hydrogens (tertiary/aromatic N) is 4. The number of rotatable bonds is 0. The van der Waals surface area contributed by atoms with Gasteiger partial charge in [-0.1, -0.05) is 27.7 Å². The van der Waals surface area contributed by atoms with E-state index in [0.717, 1.165) is 17.2 Å². The summed E-state index contributed by atoms with van der Waals surface area (Å²) in [4.78, 5) is 4.10. The number of aryl methyl sites for hydroxylation is 2. The van der Waals surface area contributed by atoms with Crippen LogP contribution in [0.4, 0.5) is 0 Å². The average Bonchev–Trinajstić information content (AvgIpc) is 2.68. The van der Waals surface area contributed by atoms with Crippen LogP contribution >= 0.6 is 0 Å². The van der Waals surface area contributed by atoms with Gasteiger partial charge in [0.15, 0.2) is 5.65 Å². The third-order valence-electron chi connectivity index (χ3n) is 1.67. The number of aromatic nitrogens is 4. The van der Waals surface area contributed by atoms with E-state index in [1.165, 1.54) is 0 Å². The second-order valence-electron chi connectivity index (χ2n) is 2.45. The van der Waals surface area contributed by atoms with Crippen LogP contribution in [0, 0.1) is 13.8 Å². The van der Waals surface area contributed by atoms with E-state index >= 15 is 0 Å². The summed E-state index contributed by atoms with van der Waals surface area (Å²) in [5.41, 5.74) is 1.75. The molecule has 0 unspecified atom stereocenters. The average molecular weight is 208 g/mol. The van der Waals surface area contributed by atoms with E-state index in [1.807, 2.05) is 52.1 Å². The van der Waals surface area contributed by atoms with Gasteiger partial charge in [0.2, 0.25) is 0 Å². The zero-order valence-corrected chi connectivity index (χ0v) is 10.4. The van der Waals surface area contributed by atoms with E-state index < -0.39 is 0 Å². The molecule has 0 saturated heterocycles. The largest absolute Gasteiger partial charge is 0.284 e. The van der Waals surface area contributed by atoms with Crippen LogP contribution in [0.15, 0.2) is 12.4 Å². The number of hydrogen-bond donors (Lipinski definition) is 0. The Hall–Kier alpha value is -1.45. The molecule has 0 spiro atoms. The van der Waals surface area contributed by atoms with Gasteiger partial charge >= 0.3 is 0 Å². The standard InChI is InChI=1S/C7H8N4.2C2H6/c1-5-7-10-9-6(2)11(7)4-3-8-5;2*1-2/h3-4H,1-2H3;2*1-2H3. The first kappa shape index (κ1) is 13.5. The molecule has 0 amide bonds. The maximum atomic E-state index is 4.10. The van der Waals surface area contributed by atoms with Gasteiger partial charge in [0, 0.05) is 12.4 Å². The van der Waals surface area contributed by atoms with E-state index in [1.54, 1.807) is 6.20 Å². The van der Waals surface area contributed by atoms with Crippen LogP contribution in [0.25, 0.3) is 5.65 Å². The maximum absolute atomic E-state index is 4.10. The van der Waals surface area contributed by atoms with E-state index in [-0.39, 0.29) is 0 Å². The highest BCUT2D eigenvalue weighted by molar-refractivity contribution is 5.41. The molecular formula is C11H20N4. The Bertz CT molecular complexity index is 392. The Morgan fingerprint density at radius 1 is 1.00 bits per heavy atom. The van der Waals surface area contributed by atoms with Gasteiger partial charge in [0.05, 0.1) is 5.69 Å². The second kappa shape index (κ2) is 6.92. The van der Waals surface area contributed by atoms with Gasteiger partial charge in [-0.3, -0.25) is 9.38 Å². The van der Waals surface area contributed by atoms with Gasteiger partial charge in [-0.2, -0.15) is 0 Å². The molecule has 2 aromatic heterocycles. The van der Waals surface area contributed by atoms with E-state index in [9.17, 15) is 0 Å². The number of fused-ring (bicyclic) bond motifs is 1. The van der Waals surface area contributed by atoms with E-state index in [4.69, 9.17) is 0 Å². The minimum Gasteiger partial charge on any atom is -0.284 e. The minimum atomic E-state index is 0.838. The van der Waals surface area contributed by atoms with Gasteiger partial charge < -0.3 is 0 Å².